The number of H-pyrrole nitrogens is 2. The number of carbonyl (C=O) groups is 3. The minimum atomic E-state index is -0.451. The van der Waals surface area contributed by atoms with Crippen LogP contribution in [0.2, 0.25) is 0 Å². The van der Waals surface area contributed by atoms with Gasteiger partial charge in [-0.05, 0) is 120 Å². The number of aromatic amines is 2. The molecule has 1 amide bonds. The first kappa shape index (κ1) is 58.4. The summed E-state index contributed by atoms with van der Waals surface area (Å²) in [6.07, 6.45) is 21.6. The van der Waals surface area contributed by atoms with E-state index >= 15 is 0 Å². The van der Waals surface area contributed by atoms with Gasteiger partial charge in [0, 0.05) is 29.2 Å². The zero-order valence-electron chi connectivity index (χ0n) is 46.1. The van der Waals surface area contributed by atoms with Crippen LogP contribution >= 0.6 is 0 Å². The van der Waals surface area contributed by atoms with E-state index in [9.17, 15) is 14.4 Å². The van der Waals surface area contributed by atoms with Gasteiger partial charge in [0.05, 0.1) is 19.1 Å². The van der Waals surface area contributed by atoms with Crippen LogP contribution < -0.4 is 25.3 Å². The molecule has 4 atom stereocenters. The number of esters is 2. The molecule has 0 spiro atoms. The van der Waals surface area contributed by atoms with Gasteiger partial charge in [-0.2, -0.15) is 0 Å². The first-order valence-electron chi connectivity index (χ1n) is 27.3. The molecule has 1 saturated carbocycles. The smallest absolute Gasteiger partial charge is 0.664 e. The van der Waals surface area contributed by atoms with E-state index < -0.39 is 5.97 Å². The summed E-state index contributed by atoms with van der Waals surface area (Å²) in [4.78, 5) is 59.9. The van der Waals surface area contributed by atoms with Gasteiger partial charge >= 0.3 is 35.0 Å². The summed E-state index contributed by atoms with van der Waals surface area (Å²) in [6.45, 7) is 26.4. The Morgan fingerprint density at radius 2 is 1.47 bits per heavy atom. The number of ether oxygens (including phenoxy) is 2. The van der Waals surface area contributed by atoms with Crippen LogP contribution in [0.25, 0.3) is 33.3 Å². The second-order valence-electron chi connectivity index (χ2n) is 21.9. The van der Waals surface area contributed by atoms with Crippen LogP contribution in [0.5, 0.6) is 0 Å². The van der Waals surface area contributed by atoms with E-state index in [0.29, 0.717) is 34.9 Å². The summed E-state index contributed by atoms with van der Waals surface area (Å²) in [5.74, 6) is 0.976. The molecule has 0 radical (unpaired) electrons. The number of aryl methyl sites for hydroxylation is 2. The van der Waals surface area contributed by atoms with E-state index in [-0.39, 0.29) is 72.3 Å². The molecule has 4 aliphatic rings. The molecule has 3 aliphatic heterocycles. The van der Waals surface area contributed by atoms with Crippen molar-refractivity contribution in [1.29, 1.82) is 0 Å². The maximum Gasteiger partial charge on any atom is 2.00 e. The van der Waals surface area contributed by atoms with Crippen molar-refractivity contribution in [3.05, 3.63) is 93.4 Å². The topological polar surface area (TPSA) is 138 Å². The molecule has 0 aromatic carbocycles. The van der Waals surface area contributed by atoms with E-state index in [4.69, 9.17) is 19.4 Å². The molecule has 10 nitrogen and oxygen atoms in total. The number of fused-ring (bicyclic) bond motifs is 8. The molecular formula is C61H87MgN5O5+2. The molecule has 1 aliphatic carbocycles. The fraction of sp³-hybridized carbons (Fsp3) is 0.590. The molecule has 0 saturated heterocycles. The zero-order valence-corrected chi connectivity index (χ0v) is 47.5. The zero-order chi connectivity index (χ0) is 51.4. The van der Waals surface area contributed by atoms with Crippen molar-refractivity contribution < 1.29 is 33.8 Å². The minimum absolute atomic E-state index is 0. The molecule has 6 rings (SSSR count). The van der Waals surface area contributed by atoms with E-state index in [0.717, 1.165) is 125 Å². The second-order valence-corrected chi connectivity index (χ2v) is 21.9. The predicted molar refractivity (Wildman–Crippen MR) is 293 cm³/mol. The summed E-state index contributed by atoms with van der Waals surface area (Å²) in [5, 5.41) is 3.38. The molecule has 3 N–H and O–H groups in total. The number of hydrogen-bond donors (Lipinski definition) is 1. The maximum absolute atomic E-state index is 14.7. The number of rotatable bonds is 23. The monoisotopic (exact) mass is 994 g/mol. The van der Waals surface area contributed by atoms with Crippen LogP contribution in [0.15, 0.2) is 42.5 Å². The first-order chi connectivity index (χ1) is 34.0. The molecule has 11 heteroatoms. The summed E-state index contributed by atoms with van der Waals surface area (Å²) in [7, 11) is 1.38. The third-order valence-corrected chi connectivity index (χ3v) is 15.9. The van der Waals surface area contributed by atoms with Gasteiger partial charge < -0.3 is 24.8 Å². The van der Waals surface area contributed by atoms with Crippen molar-refractivity contribution in [3.63, 3.8) is 0 Å². The second kappa shape index (κ2) is 27.7. The average Bonchev–Trinajstić information content (AvgIpc) is 4.02. The van der Waals surface area contributed by atoms with E-state index in [1.54, 1.807) is 0 Å². The third kappa shape index (κ3) is 15.1. The van der Waals surface area contributed by atoms with Crippen LogP contribution in [0.3, 0.4) is 0 Å². The Kier molecular flexibility index (Phi) is 22.5. The molecule has 1 fully saturated rings. The Bertz CT molecular complexity index is 2550. The summed E-state index contributed by atoms with van der Waals surface area (Å²) < 4.78 is 11.2. The number of methoxy groups -OCH3 is 1. The first-order valence-corrected chi connectivity index (χ1v) is 27.3. The van der Waals surface area contributed by atoms with Gasteiger partial charge in [-0.3, -0.25) is 14.4 Å². The number of aromatic nitrogens is 4. The number of carbonyl (C=O) groups excluding carboxylic acids is 3. The Balaban J connectivity index is 0.00000963. The van der Waals surface area contributed by atoms with Crippen LogP contribution in [-0.4, -0.2) is 60.7 Å². The fourth-order valence-electron chi connectivity index (χ4n) is 11.3. The van der Waals surface area contributed by atoms with Gasteiger partial charge in [0.1, 0.15) is 12.2 Å². The number of allylic oxidation sites excluding steroid dienone is 5. The summed E-state index contributed by atoms with van der Waals surface area (Å²) >= 11 is 0. The van der Waals surface area contributed by atoms with Crippen molar-refractivity contribution in [3.8, 4) is 0 Å². The third-order valence-electron chi connectivity index (χ3n) is 15.9. The van der Waals surface area contributed by atoms with Crippen LogP contribution in [0, 0.1) is 24.7 Å². The molecular weight excluding hydrogens is 907 g/mol. The Labute approximate surface area is 448 Å². The normalized spacial score (nSPS) is 17.6. The molecule has 4 unspecified atom stereocenters. The summed E-state index contributed by atoms with van der Waals surface area (Å²) in [6, 6.07) is 6.28. The van der Waals surface area contributed by atoms with Crippen molar-refractivity contribution in [2.24, 2.45) is 17.8 Å². The average molecular weight is 995 g/mol. The molecule has 2 aromatic heterocycles. The number of nitrogens with zero attached hydrogens (tertiary/aromatic N) is 2. The van der Waals surface area contributed by atoms with Gasteiger partial charge in [0.2, 0.25) is 22.8 Å². The number of nitrogens with one attached hydrogen (secondary N) is 3. The van der Waals surface area contributed by atoms with Crippen molar-refractivity contribution >= 4 is 74.2 Å². The van der Waals surface area contributed by atoms with E-state index in [1.165, 1.54) is 57.6 Å². The molecule has 386 valence electrons. The van der Waals surface area contributed by atoms with Crippen LogP contribution in [0.4, 0.5) is 0 Å². The largest absolute Gasteiger partial charge is 2.00 e. The van der Waals surface area contributed by atoms with Crippen molar-refractivity contribution in [2.45, 2.75) is 203 Å². The molecule has 72 heavy (non-hydrogen) atoms. The minimum Gasteiger partial charge on any atom is -0.664 e. The summed E-state index contributed by atoms with van der Waals surface area (Å²) in [5.41, 5.74) is 13.5. The van der Waals surface area contributed by atoms with Gasteiger partial charge in [0.15, 0.2) is 0 Å². The number of amides is 1. The van der Waals surface area contributed by atoms with Crippen molar-refractivity contribution in [1.82, 2.24) is 15.3 Å². The van der Waals surface area contributed by atoms with E-state index in [2.05, 4.69) is 96.3 Å². The predicted octanol–water partition coefficient (Wildman–Crippen LogP) is 12.4. The standard InChI is InChI=1S/C61H86N5O5.Mg/c1-13-46-41(8)50-34-52-43(10)48(29-30-56(67)71-32-31-40(7)26-20-25-39(6)24-19-23-38(5)22-18-21-37(3)4)59(65-52)49(33-57(68)70-12)60-58(61(69)62-45-27-16-15-17-28-45)44(11)53(66-60)36-55-47(14-2)42(9)51(64-55)35-54(46)63-50;/h13,31,34-39,43,45,48H,1,14-30,32-33H2,2-12H3,(H2-,62,63,64,65,66,69);/q-1;+2/p+1/b40-31+;. The van der Waals surface area contributed by atoms with Crippen molar-refractivity contribution in [2.75, 3.05) is 13.7 Å². The van der Waals surface area contributed by atoms with Crippen LogP contribution in [0.1, 0.15) is 228 Å². The van der Waals surface area contributed by atoms with Crippen LogP contribution in [-0.2, 0) is 36.7 Å². The Morgan fingerprint density at radius 1 is 0.819 bits per heavy atom. The van der Waals surface area contributed by atoms with Gasteiger partial charge in [0.25, 0.3) is 5.91 Å². The molecule has 5 heterocycles. The molecule has 8 bridgehead atoms. The van der Waals surface area contributed by atoms with Gasteiger partial charge in [-0.1, -0.05) is 135 Å². The fourth-order valence-corrected chi connectivity index (χ4v) is 11.3. The van der Waals surface area contributed by atoms with Gasteiger partial charge in [-0.25, -0.2) is 9.97 Å². The maximum atomic E-state index is 14.7. The SMILES string of the molecule is C=CC1=C(C)c2cc3[n-]c(c(CC(=O)OC)c4[nH+]c(cc5[n-]c(cc1[nH+]2)c(C)c5CC)C(C)=C4C(=O)NC1CCCCC1)C(CCC(=O)OC/C=C(\C)CCCC(C)CCCC(C)CCCC(C)C)C3C.[Mg+2]. The Hall–Kier alpha value is -4.48. The Morgan fingerprint density at radius 3 is 2.12 bits per heavy atom. The number of hydrogen-bond acceptors (Lipinski definition) is 5. The molecule has 2 aromatic rings. The quantitative estimate of drug-likeness (QED) is 0.0664. The van der Waals surface area contributed by atoms with Gasteiger partial charge in [-0.15, -0.1) is 22.4 Å². The van der Waals surface area contributed by atoms with E-state index in [1.807, 2.05) is 25.1 Å².